The van der Waals surface area contributed by atoms with Crippen molar-refractivity contribution in [2.24, 2.45) is 5.92 Å². The molecule has 1 unspecified atom stereocenters. The van der Waals surface area contributed by atoms with Crippen LogP contribution >= 0.6 is 0 Å². The zero-order chi connectivity index (χ0) is 17.3. The van der Waals surface area contributed by atoms with Crippen molar-refractivity contribution in [3.8, 4) is 0 Å². The highest BCUT2D eigenvalue weighted by Crippen LogP contribution is 2.41. The molecule has 3 nitrogen and oxygen atoms in total. The summed E-state index contributed by atoms with van der Waals surface area (Å²) in [5.41, 5.74) is 0.359. The van der Waals surface area contributed by atoms with E-state index in [0.717, 1.165) is 44.1 Å². The fraction of sp³-hybridized carbons (Fsp3) is 0.650. The number of benzene rings is 1. The van der Waals surface area contributed by atoms with Gasteiger partial charge in [-0.15, -0.1) is 0 Å². The molecule has 0 N–H and O–H groups in total. The predicted octanol–water partition coefficient (Wildman–Crippen LogP) is 4.94. The summed E-state index contributed by atoms with van der Waals surface area (Å²) in [6.07, 6.45) is 5.79. The fourth-order valence-corrected chi connectivity index (χ4v) is 4.20. The minimum Gasteiger partial charge on any atom is -0.444 e. The molecule has 1 amide bonds. The van der Waals surface area contributed by atoms with E-state index in [1.165, 1.54) is 6.07 Å². The molecule has 2 aliphatic rings. The number of rotatable bonds is 3. The minimum atomic E-state index is -0.446. The van der Waals surface area contributed by atoms with Gasteiger partial charge in [0, 0.05) is 12.1 Å². The highest BCUT2D eigenvalue weighted by molar-refractivity contribution is 5.69. The first-order valence-corrected chi connectivity index (χ1v) is 9.08. The molecule has 2 heterocycles. The average molecular weight is 333 g/mol. The van der Waals surface area contributed by atoms with Crippen LogP contribution in [0.5, 0.6) is 0 Å². The quantitative estimate of drug-likeness (QED) is 0.784. The van der Waals surface area contributed by atoms with Crippen molar-refractivity contribution in [2.75, 3.05) is 0 Å². The smallest absolute Gasteiger partial charge is 0.410 e. The molecule has 24 heavy (non-hydrogen) atoms. The van der Waals surface area contributed by atoms with Crippen LogP contribution in [-0.2, 0) is 11.2 Å². The first-order chi connectivity index (χ1) is 11.3. The van der Waals surface area contributed by atoms with Crippen LogP contribution < -0.4 is 0 Å². The fourth-order valence-electron chi connectivity index (χ4n) is 4.20. The maximum Gasteiger partial charge on any atom is 0.410 e. The van der Waals surface area contributed by atoms with E-state index in [1.807, 2.05) is 37.8 Å². The van der Waals surface area contributed by atoms with Crippen LogP contribution in [0.3, 0.4) is 0 Å². The summed E-state index contributed by atoms with van der Waals surface area (Å²) in [5, 5.41) is 0. The Bertz CT molecular complexity index is 582. The third-order valence-corrected chi connectivity index (χ3v) is 5.21. The lowest BCUT2D eigenvalue weighted by molar-refractivity contribution is 0.00165. The van der Waals surface area contributed by atoms with Crippen molar-refractivity contribution in [1.82, 2.24) is 4.90 Å². The van der Waals surface area contributed by atoms with Gasteiger partial charge in [-0.05, 0) is 76.8 Å². The van der Waals surface area contributed by atoms with Crippen LogP contribution in [0, 0.1) is 11.7 Å². The van der Waals surface area contributed by atoms with Crippen LogP contribution in [0.25, 0.3) is 0 Å². The van der Waals surface area contributed by atoms with Gasteiger partial charge in [-0.3, -0.25) is 0 Å². The summed E-state index contributed by atoms with van der Waals surface area (Å²) >= 11 is 0. The molecule has 3 atom stereocenters. The summed E-state index contributed by atoms with van der Waals surface area (Å²) in [5.74, 6) is 0.465. The van der Waals surface area contributed by atoms with E-state index in [9.17, 15) is 9.18 Å². The van der Waals surface area contributed by atoms with Crippen molar-refractivity contribution in [2.45, 2.75) is 77.0 Å². The monoisotopic (exact) mass is 333 g/mol. The molecule has 2 aliphatic heterocycles. The van der Waals surface area contributed by atoms with Crippen LogP contribution in [0.2, 0.25) is 0 Å². The number of nitrogens with zero attached hydrogens (tertiary/aromatic N) is 1. The molecule has 2 saturated heterocycles. The largest absolute Gasteiger partial charge is 0.444 e. The lowest BCUT2D eigenvalue weighted by Crippen LogP contribution is -2.48. The number of hydrogen-bond donors (Lipinski definition) is 0. The zero-order valence-electron chi connectivity index (χ0n) is 14.9. The van der Waals surface area contributed by atoms with Gasteiger partial charge in [0.05, 0.1) is 0 Å². The molecule has 132 valence electrons. The predicted molar refractivity (Wildman–Crippen MR) is 92.3 cm³/mol. The first kappa shape index (κ1) is 17.2. The first-order valence-electron chi connectivity index (χ1n) is 9.08. The zero-order valence-corrected chi connectivity index (χ0v) is 14.9. The van der Waals surface area contributed by atoms with Crippen molar-refractivity contribution in [3.05, 3.63) is 35.6 Å². The standard InChI is InChI=1S/C20H28FNO2/c1-20(2,3)24-19(23)22-16-10-11-17(22)13-14(12-16)8-9-15-6-4-5-7-18(15)21/h4-7,14,16-17H,8-13H2,1-3H3/t14?,16-,17+. The van der Waals surface area contributed by atoms with Crippen LogP contribution in [0.15, 0.2) is 24.3 Å². The third-order valence-electron chi connectivity index (χ3n) is 5.21. The van der Waals surface area contributed by atoms with Gasteiger partial charge in [-0.25, -0.2) is 9.18 Å². The second-order valence-electron chi connectivity index (χ2n) is 8.24. The second-order valence-corrected chi connectivity index (χ2v) is 8.24. The Morgan fingerprint density at radius 2 is 1.83 bits per heavy atom. The Balaban J connectivity index is 1.57. The summed E-state index contributed by atoms with van der Waals surface area (Å²) in [4.78, 5) is 14.4. The molecule has 0 radical (unpaired) electrons. The van der Waals surface area contributed by atoms with E-state index in [1.54, 1.807) is 6.07 Å². The van der Waals surface area contributed by atoms with Gasteiger partial charge in [-0.1, -0.05) is 18.2 Å². The topological polar surface area (TPSA) is 29.5 Å². The third kappa shape index (κ3) is 3.90. The molecule has 2 fully saturated rings. The number of amides is 1. The summed E-state index contributed by atoms with van der Waals surface area (Å²) in [6, 6.07) is 7.63. The molecule has 0 saturated carbocycles. The molecule has 0 spiro atoms. The van der Waals surface area contributed by atoms with E-state index in [0.29, 0.717) is 18.0 Å². The highest BCUT2D eigenvalue weighted by atomic mass is 19.1. The summed E-state index contributed by atoms with van der Waals surface area (Å²) < 4.78 is 19.3. The Morgan fingerprint density at radius 3 is 2.42 bits per heavy atom. The number of carbonyl (C=O) groups excluding carboxylic acids is 1. The van der Waals surface area contributed by atoms with E-state index in [2.05, 4.69) is 0 Å². The molecule has 1 aromatic rings. The van der Waals surface area contributed by atoms with E-state index < -0.39 is 5.60 Å². The van der Waals surface area contributed by atoms with Gasteiger partial charge in [0.1, 0.15) is 11.4 Å². The maximum absolute atomic E-state index is 13.8. The lowest BCUT2D eigenvalue weighted by Gasteiger charge is -2.39. The van der Waals surface area contributed by atoms with Crippen molar-refractivity contribution < 1.29 is 13.9 Å². The average Bonchev–Trinajstić information content (AvgIpc) is 2.76. The number of piperidine rings is 1. The second kappa shape index (κ2) is 6.73. The summed E-state index contributed by atoms with van der Waals surface area (Å²) in [6.45, 7) is 5.73. The number of halogens is 1. The Kier molecular flexibility index (Phi) is 4.84. The van der Waals surface area contributed by atoms with Crippen molar-refractivity contribution in [3.63, 3.8) is 0 Å². The van der Waals surface area contributed by atoms with Gasteiger partial charge in [-0.2, -0.15) is 0 Å². The normalized spacial score (nSPS) is 26.5. The minimum absolute atomic E-state index is 0.105. The number of ether oxygens (including phenoxy) is 1. The molecule has 1 aromatic carbocycles. The lowest BCUT2D eigenvalue weighted by atomic mass is 9.86. The molecular weight excluding hydrogens is 305 g/mol. The molecule has 3 rings (SSSR count). The SMILES string of the molecule is CC(C)(C)OC(=O)N1[C@@H]2CC[C@H]1CC(CCc1ccccc1F)C2. The molecular formula is C20H28FNO2. The van der Waals surface area contributed by atoms with Crippen LogP contribution in [0.1, 0.15) is 58.4 Å². The van der Waals surface area contributed by atoms with Gasteiger partial charge in [0.15, 0.2) is 0 Å². The van der Waals surface area contributed by atoms with Gasteiger partial charge in [0.2, 0.25) is 0 Å². The number of hydrogen-bond acceptors (Lipinski definition) is 2. The Labute approximate surface area is 144 Å². The van der Waals surface area contributed by atoms with Crippen LogP contribution in [0.4, 0.5) is 9.18 Å². The molecule has 2 bridgehead atoms. The number of aryl methyl sites for hydroxylation is 1. The van der Waals surface area contributed by atoms with Gasteiger partial charge in [0.25, 0.3) is 0 Å². The molecule has 0 aliphatic carbocycles. The number of fused-ring (bicyclic) bond motifs is 2. The summed E-state index contributed by atoms with van der Waals surface area (Å²) in [7, 11) is 0. The van der Waals surface area contributed by atoms with Gasteiger partial charge < -0.3 is 9.64 Å². The molecule has 0 aromatic heterocycles. The van der Waals surface area contributed by atoms with Gasteiger partial charge >= 0.3 is 6.09 Å². The van der Waals surface area contributed by atoms with Crippen molar-refractivity contribution >= 4 is 6.09 Å². The van der Waals surface area contributed by atoms with E-state index >= 15 is 0 Å². The van der Waals surface area contributed by atoms with E-state index in [4.69, 9.17) is 4.74 Å². The maximum atomic E-state index is 13.8. The number of carbonyl (C=O) groups is 1. The molecule has 4 heteroatoms. The van der Waals surface area contributed by atoms with E-state index in [-0.39, 0.29) is 11.9 Å². The van der Waals surface area contributed by atoms with Crippen molar-refractivity contribution in [1.29, 1.82) is 0 Å². The Morgan fingerprint density at radius 1 is 1.21 bits per heavy atom. The Hall–Kier alpha value is -1.58. The van der Waals surface area contributed by atoms with Crippen LogP contribution in [-0.4, -0.2) is 28.7 Å². The highest BCUT2D eigenvalue weighted by Gasteiger charge is 2.44.